The monoisotopic (exact) mass is 229 g/mol. The Labute approximate surface area is 92.5 Å². The molecule has 0 radical (unpaired) electrons. The van der Waals surface area contributed by atoms with E-state index in [9.17, 15) is 13.2 Å². The van der Waals surface area contributed by atoms with Crippen molar-refractivity contribution in [2.45, 2.75) is 31.1 Å². The largest absolute Gasteiger partial charge is 0.330 e. The van der Waals surface area contributed by atoms with E-state index in [1.54, 1.807) is 13.0 Å². The molecule has 1 nitrogen and oxygen atoms in total. The molecule has 0 heterocycles. The summed E-state index contributed by atoms with van der Waals surface area (Å²) in [6, 6.07) is 4.27. The summed E-state index contributed by atoms with van der Waals surface area (Å²) in [4.78, 5) is 0. The third kappa shape index (κ3) is 1.71. The quantitative estimate of drug-likeness (QED) is 0.829. The SMILES string of the molecule is Cc1ccc(F)cc1C1(CN)CC(F)(F)C1. The lowest BCUT2D eigenvalue weighted by molar-refractivity contribution is -0.124. The molecule has 2 rings (SSSR count). The summed E-state index contributed by atoms with van der Waals surface area (Å²) in [5.41, 5.74) is 6.29. The summed E-state index contributed by atoms with van der Waals surface area (Å²) in [6.07, 6.45) is -0.554. The Morgan fingerprint density at radius 3 is 2.44 bits per heavy atom. The summed E-state index contributed by atoms with van der Waals surface area (Å²) < 4.78 is 39.1. The maximum atomic E-state index is 13.1. The van der Waals surface area contributed by atoms with Crippen molar-refractivity contribution in [3.8, 4) is 0 Å². The van der Waals surface area contributed by atoms with Crippen molar-refractivity contribution < 1.29 is 13.2 Å². The van der Waals surface area contributed by atoms with E-state index in [0.717, 1.165) is 5.56 Å². The summed E-state index contributed by atoms with van der Waals surface area (Å²) in [5.74, 6) is -3.05. The highest BCUT2D eigenvalue weighted by Crippen LogP contribution is 2.53. The normalized spacial score (nSPS) is 21.6. The number of nitrogens with two attached hydrogens (primary N) is 1. The van der Waals surface area contributed by atoms with Gasteiger partial charge in [0, 0.05) is 24.8 Å². The third-order valence-electron chi connectivity index (χ3n) is 3.36. The molecular formula is C12H14F3N. The summed E-state index contributed by atoms with van der Waals surface area (Å²) in [6.45, 7) is 1.93. The van der Waals surface area contributed by atoms with Crippen LogP contribution in [0.5, 0.6) is 0 Å². The van der Waals surface area contributed by atoms with Gasteiger partial charge in [-0.15, -0.1) is 0 Å². The zero-order chi connectivity index (χ0) is 12.0. The van der Waals surface area contributed by atoms with Crippen molar-refractivity contribution in [3.63, 3.8) is 0 Å². The van der Waals surface area contributed by atoms with Crippen molar-refractivity contribution in [1.29, 1.82) is 0 Å². The van der Waals surface area contributed by atoms with Crippen molar-refractivity contribution in [2.24, 2.45) is 5.73 Å². The molecule has 1 aliphatic rings. The first kappa shape index (κ1) is 11.5. The molecule has 0 aliphatic heterocycles. The predicted octanol–water partition coefficient (Wildman–Crippen LogP) is 2.76. The minimum Gasteiger partial charge on any atom is -0.330 e. The molecule has 1 saturated carbocycles. The van der Waals surface area contributed by atoms with E-state index in [4.69, 9.17) is 5.73 Å². The van der Waals surface area contributed by atoms with Crippen LogP contribution in [0.2, 0.25) is 0 Å². The molecule has 88 valence electrons. The average molecular weight is 229 g/mol. The van der Waals surface area contributed by atoms with E-state index < -0.39 is 17.2 Å². The first-order chi connectivity index (χ1) is 7.38. The summed E-state index contributed by atoms with van der Waals surface area (Å²) >= 11 is 0. The molecule has 4 heteroatoms. The molecule has 0 aromatic heterocycles. The van der Waals surface area contributed by atoms with Crippen LogP contribution in [-0.2, 0) is 5.41 Å². The maximum absolute atomic E-state index is 13.1. The lowest BCUT2D eigenvalue weighted by Crippen LogP contribution is -2.54. The molecule has 2 N–H and O–H groups in total. The summed E-state index contributed by atoms with van der Waals surface area (Å²) in [7, 11) is 0. The lowest BCUT2D eigenvalue weighted by atomic mass is 9.61. The molecule has 1 aromatic rings. The second-order valence-electron chi connectivity index (χ2n) is 4.65. The smallest absolute Gasteiger partial charge is 0.250 e. The van der Waals surface area contributed by atoms with Gasteiger partial charge in [-0.1, -0.05) is 6.07 Å². The molecule has 0 saturated heterocycles. The fourth-order valence-corrected chi connectivity index (χ4v) is 2.55. The van der Waals surface area contributed by atoms with Crippen LogP contribution in [0.25, 0.3) is 0 Å². The highest BCUT2D eigenvalue weighted by molar-refractivity contribution is 5.38. The van der Waals surface area contributed by atoms with Gasteiger partial charge in [0.05, 0.1) is 0 Å². The second kappa shape index (κ2) is 3.48. The van der Waals surface area contributed by atoms with Gasteiger partial charge < -0.3 is 5.73 Å². The number of rotatable bonds is 2. The van der Waals surface area contributed by atoms with E-state index in [-0.39, 0.29) is 19.4 Å². The number of halogens is 3. The van der Waals surface area contributed by atoms with Gasteiger partial charge in [-0.05, 0) is 30.2 Å². The highest BCUT2D eigenvalue weighted by atomic mass is 19.3. The van der Waals surface area contributed by atoms with Crippen LogP contribution in [0.15, 0.2) is 18.2 Å². The minimum atomic E-state index is -2.65. The third-order valence-corrected chi connectivity index (χ3v) is 3.36. The van der Waals surface area contributed by atoms with E-state index in [0.29, 0.717) is 5.56 Å². The molecule has 16 heavy (non-hydrogen) atoms. The number of benzene rings is 1. The van der Waals surface area contributed by atoms with Crippen LogP contribution in [0, 0.1) is 12.7 Å². The molecule has 0 unspecified atom stereocenters. The van der Waals surface area contributed by atoms with Gasteiger partial charge in [-0.3, -0.25) is 0 Å². The maximum Gasteiger partial charge on any atom is 0.250 e. The Bertz CT molecular complexity index is 407. The van der Waals surface area contributed by atoms with Gasteiger partial charge in [0.15, 0.2) is 0 Å². The average Bonchev–Trinajstić information content (AvgIpc) is 2.17. The van der Waals surface area contributed by atoms with E-state index in [1.807, 2.05) is 0 Å². The Morgan fingerprint density at radius 1 is 1.31 bits per heavy atom. The van der Waals surface area contributed by atoms with Crippen molar-refractivity contribution >= 4 is 0 Å². The second-order valence-corrected chi connectivity index (χ2v) is 4.65. The Balaban J connectivity index is 2.39. The molecule has 1 fully saturated rings. The van der Waals surface area contributed by atoms with E-state index >= 15 is 0 Å². The Morgan fingerprint density at radius 2 is 1.94 bits per heavy atom. The summed E-state index contributed by atoms with van der Waals surface area (Å²) in [5, 5.41) is 0. The van der Waals surface area contributed by atoms with Crippen molar-refractivity contribution in [3.05, 3.63) is 35.1 Å². The van der Waals surface area contributed by atoms with Crippen molar-refractivity contribution in [2.75, 3.05) is 6.54 Å². The molecule has 1 aromatic carbocycles. The Hall–Kier alpha value is -1.03. The van der Waals surface area contributed by atoms with Gasteiger partial charge in [0.25, 0.3) is 0 Å². The van der Waals surface area contributed by atoms with Gasteiger partial charge in [0.1, 0.15) is 5.82 Å². The number of hydrogen-bond donors (Lipinski definition) is 1. The van der Waals surface area contributed by atoms with Gasteiger partial charge in [0.2, 0.25) is 5.92 Å². The number of hydrogen-bond acceptors (Lipinski definition) is 1. The predicted molar refractivity (Wildman–Crippen MR) is 56.1 cm³/mol. The fourth-order valence-electron chi connectivity index (χ4n) is 2.55. The van der Waals surface area contributed by atoms with Crippen LogP contribution in [0.1, 0.15) is 24.0 Å². The first-order valence-electron chi connectivity index (χ1n) is 5.23. The molecular weight excluding hydrogens is 215 g/mol. The molecule has 0 spiro atoms. The van der Waals surface area contributed by atoms with Crippen LogP contribution in [0.3, 0.4) is 0 Å². The molecule has 0 atom stereocenters. The number of alkyl halides is 2. The molecule has 0 amide bonds. The van der Waals surface area contributed by atoms with Gasteiger partial charge in [-0.2, -0.15) is 0 Å². The molecule has 1 aliphatic carbocycles. The van der Waals surface area contributed by atoms with Crippen LogP contribution < -0.4 is 5.73 Å². The van der Waals surface area contributed by atoms with E-state index in [1.165, 1.54) is 12.1 Å². The number of aryl methyl sites for hydroxylation is 1. The van der Waals surface area contributed by atoms with Crippen molar-refractivity contribution in [1.82, 2.24) is 0 Å². The van der Waals surface area contributed by atoms with Crippen LogP contribution in [-0.4, -0.2) is 12.5 Å². The van der Waals surface area contributed by atoms with Crippen LogP contribution >= 0.6 is 0 Å². The van der Waals surface area contributed by atoms with Crippen LogP contribution in [0.4, 0.5) is 13.2 Å². The zero-order valence-electron chi connectivity index (χ0n) is 9.06. The Kier molecular flexibility index (Phi) is 2.49. The fraction of sp³-hybridized carbons (Fsp3) is 0.500. The van der Waals surface area contributed by atoms with E-state index in [2.05, 4.69) is 0 Å². The first-order valence-corrected chi connectivity index (χ1v) is 5.23. The zero-order valence-corrected chi connectivity index (χ0v) is 9.06. The lowest BCUT2D eigenvalue weighted by Gasteiger charge is -2.47. The minimum absolute atomic E-state index is 0.132. The highest BCUT2D eigenvalue weighted by Gasteiger charge is 2.56. The molecule has 0 bridgehead atoms. The van der Waals surface area contributed by atoms with Gasteiger partial charge >= 0.3 is 0 Å². The topological polar surface area (TPSA) is 26.0 Å². The van der Waals surface area contributed by atoms with Gasteiger partial charge in [-0.25, -0.2) is 13.2 Å². The standard InChI is InChI=1S/C12H14F3N/c1-8-2-3-9(13)4-10(8)11(7-16)5-12(14,15)6-11/h2-4H,5-7,16H2,1H3.